The Bertz CT molecular complexity index is 1280. The normalized spacial score (nSPS) is 28.9. The third-order valence-electron chi connectivity index (χ3n) is 7.87. The van der Waals surface area contributed by atoms with Crippen molar-refractivity contribution in [3.63, 3.8) is 0 Å². The molecule has 1 saturated carbocycles. The van der Waals surface area contributed by atoms with Crippen molar-refractivity contribution in [3.8, 4) is 5.75 Å². The van der Waals surface area contributed by atoms with Crippen LogP contribution in [0.1, 0.15) is 24.0 Å². The lowest BCUT2D eigenvalue weighted by Crippen LogP contribution is -2.32. The second kappa shape index (κ2) is 7.90. The highest BCUT2D eigenvalue weighted by atomic mass is 16.5. The van der Waals surface area contributed by atoms with Crippen LogP contribution in [0, 0.1) is 43.4 Å². The summed E-state index contributed by atoms with van der Waals surface area (Å²) in [5.41, 5.74) is 3.31. The molecule has 4 aliphatic rings. The molecule has 2 aromatic carbocycles. The average Bonchev–Trinajstić information content (AvgIpc) is 3.58. The number of carbonyl (C=O) groups is 4. The van der Waals surface area contributed by atoms with Gasteiger partial charge in [0.15, 0.2) is 0 Å². The van der Waals surface area contributed by atoms with Gasteiger partial charge >= 0.3 is 5.97 Å². The Labute approximate surface area is 203 Å². The van der Waals surface area contributed by atoms with Crippen LogP contribution < -0.4 is 14.5 Å². The van der Waals surface area contributed by atoms with Gasteiger partial charge < -0.3 is 9.64 Å². The fourth-order valence-electron chi connectivity index (χ4n) is 6.25. The van der Waals surface area contributed by atoms with Crippen molar-refractivity contribution in [2.75, 3.05) is 16.3 Å². The van der Waals surface area contributed by atoms with Gasteiger partial charge in [-0.3, -0.25) is 19.2 Å². The van der Waals surface area contributed by atoms with Gasteiger partial charge in [0.1, 0.15) is 5.75 Å². The molecule has 0 unspecified atom stereocenters. The van der Waals surface area contributed by atoms with Crippen molar-refractivity contribution >= 4 is 35.1 Å². The molecule has 35 heavy (non-hydrogen) atoms. The van der Waals surface area contributed by atoms with Gasteiger partial charge in [-0.1, -0.05) is 35.9 Å². The predicted octanol–water partition coefficient (Wildman–Crippen LogP) is 3.57. The number of aryl methyl sites for hydroxylation is 2. The number of amides is 3. The minimum Gasteiger partial charge on any atom is -0.426 e. The second-order valence-electron chi connectivity index (χ2n) is 10.1. The molecule has 0 N–H and O–H groups in total. The minimum absolute atomic E-state index is 0.0775. The first-order chi connectivity index (χ1) is 16.8. The van der Waals surface area contributed by atoms with E-state index < -0.39 is 11.9 Å². The molecule has 178 valence electrons. The summed E-state index contributed by atoms with van der Waals surface area (Å²) >= 11 is 0. The number of hydrogen-bond acceptors (Lipinski definition) is 5. The molecule has 2 saturated heterocycles. The molecule has 5 atom stereocenters. The van der Waals surface area contributed by atoms with Crippen LogP contribution in [0.5, 0.6) is 5.75 Å². The molecule has 2 aliphatic heterocycles. The number of imide groups is 1. The van der Waals surface area contributed by atoms with E-state index in [1.807, 2.05) is 32.0 Å². The van der Waals surface area contributed by atoms with E-state index in [1.165, 1.54) is 4.90 Å². The van der Waals surface area contributed by atoms with Crippen LogP contribution in [0.25, 0.3) is 0 Å². The zero-order valence-corrected chi connectivity index (χ0v) is 19.6. The summed E-state index contributed by atoms with van der Waals surface area (Å²) < 4.78 is 5.62. The van der Waals surface area contributed by atoms with Crippen molar-refractivity contribution in [1.82, 2.24) is 0 Å². The van der Waals surface area contributed by atoms with Crippen LogP contribution in [-0.4, -0.2) is 30.2 Å². The SMILES string of the molecule is Cc1ccc(N2C[C@H](C(=O)Oc3cccc(N4C(=O)[C@@H]5[C@H](C4=O)[C@H]4C=C[C@H]5C4)c3)CC2=O)c(C)c1. The van der Waals surface area contributed by atoms with Crippen LogP contribution in [-0.2, 0) is 19.2 Å². The Morgan fingerprint density at radius 3 is 2.34 bits per heavy atom. The van der Waals surface area contributed by atoms with Gasteiger partial charge in [0.25, 0.3) is 0 Å². The molecule has 2 aliphatic carbocycles. The molecule has 0 spiro atoms. The Balaban J connectivity index is 1.17. The van der Waals surface area contributed by atoms with E-state index >= 15 is 0 Å². The van der Waals surface area contributed by atoms with Gasteiger partial charge in [-0.2, -0.15) is 0 Å². The van der Waals surface area contributed by atoms with Gasteiger partial charge in [0.05, 0.1) is 23.4 Å². The summed E-state index contributed by atoms with van der Waals surface area (Å²) in [6.07, 6.45) is 5.07. The molecule has 3 fully saturated rings. The Hall–Kier alpha value is -3.74. The van der Waals surface area contributed by atoms with Gasteiger partial charge in [0, 0.05) is 24.7 Å². The smallest absolute Gasteiger partial charge is 0.316 e. The number of carbonyl (C=O) groups excluding carboxylic acids is 4. The fourth-order valence-corrected chi connectivity index (χ4v) is 6.25. The molecule has 2 aromatic rings. The summed E-state index contributed by atoms with van der Waals surface area (Å²) in [6.45, 7) is 4.19. The van der Waals surface area contributed by atoms with Crippen LogP contribution in [0.2, 0.25) is 0 Å². The summed E-state index contributed by atoms with van der Waals surface area (Å²) in [5, 5.41) is 0. The third kappa shape index (κ3) is 3.40. The van der Waals surface area contributed by atoms with Gasteiger partial charge in [-0.25, -0.2) is 4.90 Å². The van der Waals surface area contributed by atoms with E-state index in [0.717, 1.165) is 23.2 Å². The van der Waals surface area contributed by atoms with Crippen molar-refractivity contribution in [2.24, 2.45) is 29.6 Å². The van der Waals surface area contributed by atoms with Crippen molar-refractivity contribution < 1.29 is 23.9 Å². The first-order valence-corrected chi connectivity index (χ1v) is 12.1. The summed E-state index contributed by atoms with van der Waals surface area (Å²) in [6, 6.07) is 12.4. The van der Waals surface area contributed by atoms with E-state index in [0.29, 0.717) is 5.69 Å². The van der Waals surface area contributed by atoms with Crippen LogP contribution in [0.15, 0.2) is 54.6 Å². The first-order valence-electron chi connectivity index (χ1n) is 12.1. The van der Waals surface area contributed by atoms with E-state index in [-0.39, 0.29) is 60.1 Å². The van der Waals surface area contributed by atoms with Crippen molar-refractivity contribution in [2.45, 2.75) is 26.7 Å². The number of nitrogens with zero attached hydrogens (tertiary/aromatic N) is 2. The second-order valence-corrected chi connectivity index (χ2v) is 10.1. The fraction of sp³-hybridized carbons (Fsp3) is 0.357. The number of fused-ring (bicyclic) bond motifs is 5. The number of anilines is 2. The topological polar surface area (TPSA) is 84.0 Å². The quantitative estimate of drug-likeness (QED) is 0.295. The molecule has 7 nitrogen and oxygen atoms in total. The van der Waals surface area contributed by atoms with Crippen molar-refractivity contribution in [3.05, 3.63) is 65.7 Å². The van der Waals surface area contributed by atoms with E-state index in [4.69, 9.17) is 4.74 Å². The van der Waals surface area contributed by atoms with Crippen LogP contribution >= 0.6 is 0 Å². The van der Waals surface area contributed by atoms with Gasteiger partial charge in [-0.15, -0.1) is 0 Å². The predicted molar refractivity (Wildman–Crippen MR) is 129 cm³/mol. The number of hydrogen-bond donors (Lipinski definition) is 0. The molecular weight excluding hydrogens is 444 g/mol. The van der Waals surface area contributed by atoms with Crippen LogP contribution in [0.4, 0.5) is 11.4 Å². The summed E-state index contributed by atoms with van der Waals surface area (Å²) in [7, 11) is 0. The molecule has 0 aromatic heterocycles. The zero-order chi connectivity index (χ0) is 24.4. The highest BCUT2D eigenvalue weighted by Gasteiger charge is 2.59. The molecule has 6 rings (SSSR count). The molecule has 7 heteroatoms. The third-order valence-corrected chi connectivity index (χ3v) is 7.87. The Kier molecular flexibility index (Phi) is 4.91. The Morgan fingerprint density at radius 2 is 1.66 bits per heavy atom. The number of ether oxygens (including phenoxy) is 1. The van der Waals surface area contributed by atoms with Gasteiger partial charge in [-0.05, 0) is 55.9 Å². The summed E-state index contributed by atoms with van der Waals surface area (Å²) in [4.78, 5) is 54.7. The Morgan fingerprint density at radius 1 is 0.943 bits per heavy atom. The lowest BCUT2D eigenvalue weighted by Gasteiger charge is -2.19. The maximum Gasteiger partial charge on any atom is 0.316 e. The number of allylic oxidation sites excluding steroid dienone is 2. The maximum absolute atomic E-state index is 13.1. The molecule has 2 heterocycles. The van der Waals surface area contributed by atoms with E-state index in [9.17, 15) is 19.2 Å². The molecule has 2 bridgehead atoms. The lowest BCUT2D eigenvalue weighted by atomic mass is 9.85. The molecule has 3 amide bonds. The zero-order valence-electron chi connectivity index (χ0n) is 19.6. The highest BCUT2D eigenvalue weighted by Crippen LogP contribution is 2.53. The first kappa shape index (κ1) is 21.8. The number of rotatable bonds is 4. The number of benzene rings is 2. The lowest BCUT2D eigenvalue weighted by molar-refractivity contribution is -0.139. The largest absolute Gasteiger partial charge is 0.426 e. The van der Waals surface area contributed by atoms with E-state index in [2.05, 4.69) is 12.2 Å². The van der Waals surface area contributed by atoms with Crippen LogP contribution in [0.3, 0.4) is 0 Å². The average molecular weight is 471 g/mol. The highest BCUT2D eigenvalue weighted by molar-refractivity contribution is 6.22. The summed E-state index contributed by atoms with van der Waals surface area (Å²) in [5.74, 6) is -1.62. The maximum atomic E-state index is 13.1. The standard InChI is InChI=1S/C28H26N2O5/c1-15-6-9-22(16(2)10-15)29-14-19(12-23(29)31)28(34)35-21-5-3-4-20(13-21)30-26(32)24-17-7-8-18(11-17)25(24)27(30)33/h3-10,13,17-19,24-25H,11-12,14H2,1-2H3/t17-,18-,19+,24-,25+/m0/s1. The number of esters is 1. The minimum atomic E-state index is -0.594. The van der Waals surface area contributed by atoms with Gasteiger partial charge in [0.2, 0.25) is 17.7 Å². The van der Waals surface area contributed by atoms with E-state index in [1.54, 1.807) is 29.2 Å². The van der Waals surface area contributed by atoms with Crippen molar-refractivity contribution in [1.29, 1.82) is 0 Å². The monoisotopic (exact) mass is 470 g/mol. The molecule has 0 radical (unpaired) electrons. The molecular formula is C28H26N2O5.